The second-order valence-corrected chi connectivity index (χ2v) is 6.93. The molecule has 6 nitrogen and oxygen atoms in total. The van der Waals surface area contributed by atoms with Gasteiger partial charge in [-0.15, -0.1) is 0 Å². The molecule has 0 bridgehead atoms. The average Bonchev–Trinajstić information content (AvgIpc) is 2.71. The number of thioether (sulfide) groups is 1. The van der Waals surface area contributed by atoms with E-state index in [1.807, 2.05) is 24.3 Å². The maximum absolute atomic E-state index is 12.1. The number of hydrogen-bond acceptors (Lipinski definition) is 6. The Hall–Kier alpha value is -2.95. The van der Waals surface area contributed by atoms with Crippen molar-refractivity contribution >= 4 is 23.4 Å². The summed E-state index contributed by atoms with van der Waals surface area (Å²) in [6.07, 6.45) is 1.79. The molecule has 3 aromatic rings. The Balaban J connectivity index is 1.95. The Morgan fingerprint density at radius 2 is 2.07 bits per heavy atom. The Morgan fingerprint density at radius 3 is 2.75 bits per heavy atom. The minimum atomic E-state index is -0.475. The standard InChI is InChI=1S/C20H16ClN3O3S/c1-26-17-9-13(18-15(10-22)19(25)24-20(23-18)28-2)6-7-16(17)27-11-12-4-3-5-14(21)8-12/h3-9H,11H2,1-2H3,(H,23,24,25). The van der Waals surface area contributed by atoms with E-state index in [0.717, 1.165) is 5.56 Å². The Labute approximate surface area is 171 Å². The molecule has 0 amide bonds. The number of nitriles is 1. The summed E-state index contributed by atoms with van der Waals surface area (Å²) in [5.74, 6) is 0.996. The zero-order valence-electron chi connectivity index (χ0n) is 15.2. The topological polar surface area (TPSA) is 88.0 Å². The van der Waals surface area contributed by atoms with Crippen molar-refractivity contribution < 1.29 is 9.47 Å². The number of rotatable bonds is 6. The lowest BCUT2D eigenvalue weighted by molar-refractivity contribution is 0.284. The lowest BCUT2D eigenvalue weighted by Crippen LogP contribution is -2.14. The summed E-state index contributed by atoms with van der Waals surface area (Å²) in [5, 5.41) is 10.4. The highest BCUT2D eigenvalue weighted by atomic mass is 35.5. The highest BCUT2D eigenvalue weighted by molar-refractivity contribution is 7.98. The first kappa shape index (κ1) is 19.8. The number of halogens is 1. The number of benzene rings is 2. The fourth-order valence-electron chi connectivity index (χ4n) is 2.58. The first-order chi connectivity index (χ1) is 13.5. The molecule has 0 fully saturated rings. The summed E-state index contributed by atoms with van der Waals surface area (Å²) in [6, 6.07) is 14.5. The summed E-state index contributed by atoms with van der Waals surface area (Å²) in [4.78, 5) is 19.1. The molecule has 0 saturated carbocycles. The van der Waals surface area contributed by atoms with Crippen LogP contribution >= 0.6 is 23.4 Å². The normalized spacial score (nSPS) is 10.4. The van der Waals surface area contributed by atoms with Crippen molar-refractivity contribution in [2.24, 2.45) is 0 Å². The van der Waals surface area contributed by atoms with E-state index >= 15 is 0 Å². The van der Waals surface area contributed by atoms with Crippen molar-refractivity contribution in [3.8, 4) is 28.8 Å². The van der Waals surface area contributed by atoms with Gasteiger partial charge < -0.3 is 14.5 Å². The molecule has 8 heteroatoms. The molecule has 0 saturated heterocycles. The lowest BCUT2D eigenvalue weighted by atomic mass is 10.1. The van der Waals surface area contributed by atoms with Crippen LogP contribution in [-0.4, -0.2) is 23.3 Å². The monoisotopic (exact) mass is 413 g/mol. The molecule has 0 aliphatic carbocycles. The summed E-state index contributed by atoms with van der Waals surface area (Å²) < 4.78 is 11.3. The molecular weight excluding hydrogens is 398 g/mol. The van der Waals surface area contributed by atoms with Crippen molar-refractivity contribution in [1.82, 2.24) is 9.97 Å². The molecular formula is C20H16ClN3O3S. The van der Waals surface area contributed by atoms with Gasteiger partial charge in [0.2, 0.25) is 0 Å². The number of nitrogens with zero attached hydrogens (tertiary/aromatic N) is 2. The Bertz CT molecular complexity index is 1110. The number of ether oxygens (including phenoxy) is 2. The third kappa shape index (κ3) is 4.30. The van der Waals surface area contributed by atoms with Crippen LogP contribution in [-0.2, 0) is 6.61 Å². The van der Waals surface area contributed by atoms with E-state index in [1.165, 1.54) is 18.9 Å². The van der Waals surface area contributed by atoms with E-state index in [0.29, 0.717) is 39.5 Å². The van der Waals surface area contributed by atoms with Gasteiger partial charge in [0.25, 0.3) is 5.56 Å². The van der Waals surface area contributed by atoms with Gasteiger partial charge in [0.05, 0.1) is 12.8 Å². The number of aromatic amines is 1. The number of H-pyrrole nitrogens is 1. The van der Waals surface area contributed by atoms with Crippen molar-refractivity contribution in [2.45, 2.75) is 11.8 Å². The van der Waals surface area contributed by atoms with Gasteiger partial charge in [0.15, 0.2) is 16.7 Å². The summed E-state index contributed by atoms with van der Waals surface area (Å²) in [7, 11) is 1.52. The van der Waals surface area contributed by atoms with Gasteiger partial charge in [-0.25, -0.2) is 4.98 Å². The minimum absolute atomic E-state index is 0.0487. The van der Waals surface area contributed by atoms with E-state index in [2.05, 4.69) is 9.97 Å². The fourth-order valence-corrected chi connectivity index (χ4v) is 3.17. The molecule has 0 aliphatic rings. The number of nitrogens with one attached hydrogen (secondary N) is 1. The summed E-state index contributed by atoms with van der Waals surface area (Å²) >= 11 is 7.28. The molecule has 0 spiro atoms. The SMILES string of the molecule is COc1cc(-c2nc(SC)[nH]c(=O)c2C#N)ccc1OCc1cccc(Cl)c1. The zero-order chi connectivity index (χ0) is 20.1. The second kappa shape index (κ2) is 8.83. The van der Waals surface area contributed by atoms with E-state index in [1.54, 1.807) is 30.5 Å². The third-order valence-electron chi connectivity index (χ3n) is 3.92. The van der Waals surface area contributed by atoms with Gasteiger partial charge in [0.1, 0.15) is 18.2 Å². The van der Waals surface area contributed by atoms with Crippen LogP contribution < -0.4 is 15.0 Å². The maximum atomic E-state index is 12.1. The highest BCUT2D eigenvalue weighted by Gasteiger charge is 2.15. The first-order valence-corrected chi connectivity index (χ1v) is 9.80. The smallest absolute Gasteiger partial charge is 0.270 e. The molecule has 1 heterocycles. The van der Waals surface area contributed by atoms with Crippen molar-refractivity contribution in [3.05, 3.63) is 69.0 Å². The summed E-state index contributed by atoms with van der Waals surface area (Å²) in [5.41, 5.74) is 1.29. The molecule has 1 N–H and O–H groups in total. The summed E-state index contributed by atoms with van der Waals surface area (Å²) in [6.45, 7) is 0.319. The van der Waals surface area contributed by atoms with Crippen molar-refractivity contribution in [2.75, 3.05) is 13.4 Å². The number of aromatic nitrogens is 2. The van der Waals surface area contributed by atoms with Crippen LogP contribution in [0.2, 0.25) is 5.02 Å². The molecule has 0 aliphatic heterocycles. The number of hydrogen-bond donors (Lipinski definition) is 1. The van der Waals surface area contributed by atoms with Crippen LogP contribution in [0.4, 0.5) is 0 Å². The van der Waals surface area contributed by atoms with E-state index < -0.39 is 5.56 Å². The van der Waals surface area contributed by atoms with Crippen LogP contribution in [0.1, 0.15) is 11.1 Å². The van der Waals surface area contributed by atoms with Gasteiger partial charge in [0, 0.05) is 10.6 Å². The van der Waals surface area contributed by atoms with Gasteiger partial charge in [-0.1, -0.05) is 35.5 Å². The molecule has 0 atom stereocenters. The predicted molar refractivity (Wildman–Crippen MR) is 109 cm³/mol. The van der Waals surface area contributed by atoms with Crippen LogP contribution in [0.25, 0.3) is 11.3 Å². The lowest BCUT2D eigenvalue weighted by Gasteiger charge is -2.13. The van der Waals surface area contributed by atoms with E-state index in [4.69, 9.17) is 21.1 Å². The van der Waals surface area contributed by atoms with Gasteiger partial charge >= 0.3 is 0 Å². The Morgan fingerprint density at radius 1 is 1.25 bits per heavy atom. The van der Waals surface area contributed by atoms with E-state index in [9.17, 15) is 10.1 Å². The highest BCUT2D eigenvalue weighted by Crippen LogP contribution is 2.33. The van der Waals surface area contributed by atoms with Gasteiger partial charge in [-0.3, -0.25) is 4.79 Å². The van der Waals surface area contributed by atoms with Crippen molar-refractivity contribution in [1.29, 1.82) is 5.26 Å². The third-order valence-corrected chi connectivity index (χ3v) is 4.74. The van der Waals surface area contributed by atoms with Crippen LogP contribution in [0.5, 0.6) is 11.5 Å². The maximum Gasteiger partial charge on any atom is 0.270 e. The molecule has 2 aromatic carbocycles. The van der Waals surface area contributed by atoms with Crippen LogP contribution in [0, 0.1) is 11.3 Å². The first-order valence-electron chi connectivity index (χ1n) is 8.19. The van der Waals surface area contributed by atoms with Crippen LogP contribution in [0.3, 0.4) is 0 Å². The fraction of sp³-hybridized carbons (Fsp3) is 0.150. The van der Waals surface area contributed by atoms with E-state index in [-0.39, 0.29) is 5.56 Å². The largest absolute Gasteiger partial charge is 0.493 e. The minimum Gasteiger partial charge on any atom is -0.493 e. The Kier molecular flexibility index (Phi) is 6.24. The number of methoxy groups -OCH3 is 1. The average molecular weight is 414 g/mol. The molecule has 3 rings (SSSR count). The molecule has 1 aromatic heterocycles. The van der Waals surface area contributed by atoms with Gasteiger partial charge in [-0.2, -0.15) is 5.26 Å². The van der Waals surface area contributed by atoms with Crippen LogP contribution in [0.15, 0.2) is 52.4 Å². The molecule has 142 valence electrons. The molecule has 0 unspecified atom stereocenters. The quantitative estimate of drug-likeness (QED) is 0.479. The zero-order valence-corrected chi connectivity index (χ0v) is 16.7. The second-order valence-electron chi connectivity index (χ2n) is 5.69. The van der Waals surface area contributed by atoms with Crippen molar-refractivity contribution in [3.63, 3.8) is 0 Å². The molecule has 28 heavy (non-hydrogen) atoms. The van der Waals surface area contributed by atoms with Gasteiger partial charge in [-0.05, 0) is 42.2 Å². The predicted octanol–water partition coefficient (Wildman–Crippen LogP) is 4.27. The molecule has 0 radical (unpaired) electrons.